The highest BCUT2D eigenvalue weighted by molar-refractivity contribution is 5.96. The number of benzene rings is 2. The van der Waals surface area contributed by atoms with Crippen molar-refractivity contribution in [3.63, 3.8) is 0 Å². The van der Waals surface area contributed by atoms with Gasteiger partial charge in [0, 0.05) is 37.2 Å². The Hall–Kier alpha value is -2.76. The molecule has 2 aromatic carbocycles. The summed E-state index contributed by atoms with van der Waals surface area (Å²) in [5.74, 6) is -2.30. The highest BCUT2D eigenvalue weighted by Gasteiger charge is 2.30. The maximum Gasteiger partial charge on any atom is 0.254 e. The van der Waals surface area contributed by atoms with Gasteiger partial charge in [0.2, 0.25) is 5.91 Å². The second kappa shape index (κ2) is 7.01. The second-order valence-electron chi connectivity index (χ2n) is 6.24. The van der Waals surface area contributed by atoms with Crippen molar-refractivity contribution in [2.75, 3.05) is 18.0 Å². The molecule has 1 N–H and O–H groups in total. The SMILES string of the molecule is Cc1ccc(N2CC(CNC(=O)c3ccc(F)cc3F)CC2=O)cc1. The lowest BCUT2D eigenvalue weighted by atomic mass is 10.1. The molecule has 130 valence electrons. The molecule has 6 heteroatoms. The van der Waals surface area contributed by atoms with E-state index < -0.39 is 17.5 Å². The first-order valence-corrected chi connectivity index (χ1v) is 8.04. The number of nitrogens with zero attached hydrogens (tertiary/aromatic N) is 1. The van der Waals surface area contributed by atoms with Crippen molar-refractivity contribution in [1.82, 2.24) is 5.32 Å². The van der Waals surface area contributed by atoms with Crippen LogP contribution in [0.25, 0.3) is 0 Å². The predicted molar refractivity (Wildman–Crippen MR) is 90.3 cm³/mol. The molecule has 1 unspecified atom stereocenters. The minimum Gasteiger partial charge on any atom is -0.352 e. The molecule has 2 amide bonds. The molecule has 0 aromatic heterocycles. The molecular formula is C19H18F2N2O2. The van der Waals surface area contributed by atoms with E-state index >= 15 is 0 Å². The Morgan fingerprint density at radius 2 is 1.92 bits per heavy atom. The lowest BCUT2D eigenvalue weighted by Gasteiger charge is -2.17. The topological polar surface area (TPSA) is 49.4 Å². The fourth-order valence-electron chi connectivity index (χ4n) is 2.90. The quantitative estimate of drug-likeness (QED) is 0.927. The summed E-state index contributed by atoms with van der Waals surface area (Å²) in [6.45, 7) is 2.72. The van der Waals surface area contributed by atoms with Gasteiger partial charge in [-0.05, 0) is 31.2 Å². The molecule has 0 bridgehead atoms. The Morgan fingerprint density at radius 3 is 2.60 bits per heavy atom. The number of hydrogen-bond acceptors (Lipinski definition) is 2. The number of nitrogens with one attached hydrogen (secondary N) is 1. The van der Waals surface area contributed by atoms with E-state index in [2.05, 4.69) is 5.32 Å². The molecular weight excluding hydrogens is 326 g/mol. The molecule has 1 heterocycles. The van der Waals surface area contributed by atoms with Crippen LogP contribution in [0, 0.1) is 24.5 Å². The van der Waals surface area contributed by atoms with Crippen molar-refractivity contribution >= 4 is 17.5 Å². The molecule has 1 saturated heterocycles. The van der Waals surface area contributed by atoms with Crippen LogP contribution in [0.3, 0.4) is 0 Å². The summed E-state index contributed by atoms with van der Waals surface area (Å²) >= 11 is 0. The van der Waals surface area contributed by atoms with E-state index in [1.54, 1.807) is 4.90 Å². The van der Waals surface area contributed by atoms with Crippen LogP contribution in [-0.2, 0) is 4.79 Å². The van der Waals surface area contributed by atoms with Crippen LogP contribution in [-0.4, -0.2) is 24.9 Å². The zero-order chi connectivity index (χ0) is 18.0. The number of amides is 2. The van der Waals surface area contributed by atoms with Crippen LogP contribution in [0.2, 0.25) is 0 Å². The largest absolute Gasteiger partial charge is 0.352 e. The normalized spacial score (nSPS) is 17.0. The average Bonchev–Trinajstić information content (AvgIpc) is 2.94. The third-order valence-electron chi connectivity index (χ3n) is 4.28. The van der Waals surface area contributed by atoms with E-state index in [0.717, 1.165) is 23.4 Å². The van der Waals surface area contributed by atoms with E-state index in [1.807, 2.05) is 31.2 Å². The smallest absolute Gasteiger partial charge is 0.254 e. The van der Waals surface area contributed by atoms with Crippen molar-refractivity contribution in [3.8, 4) is 0 Å². The Balaban J connectivity index is 1.60. The van der Waals surface area contributed by atoms with Crippen molar-refractivity contribution in [2.45, 2.75) is 13.3 Å². The van der Waals surface area contributed by atoms with Crippen LogP contribution in [0.15, 0.2) is 42.5 Å². The molecule has 0 radical (unpaired) electrons. The molecule has 0 saturated carbocycles. The first-order chi connectivity index (χ1) is 11.9. The predicted octanol–water partition coefficient (Wildman–Crippen LogP) is 3.06. The molecule has 25 heavy (non-hydrogen) atoms. The van der Waals surface area contributed by atoms with Gasteiger partial charge in [-0.2, -0.15) is 0 Å². The van der Waals surface area contributed by atoms with Crippen LogP contribution in [0.4, 0.5) is 14.5 Å². The lowest BCUT2D eigenvalue weighted by Crippen LogP contribution is -2.31. The van der Waals surface area contributed by atoms with E-state index in [9.17, 15) is 18.4 Å². The number of anilines is 1. The number of halogens is 2. The summed E-state index contributed by atoms with van der Waals surface area (Å²) in [7, 11) is 0. The number of rotatable bonds is 4. The average molecular weight is 344 g/mol. The minimum atomic E-state index is -0.902. The van der Waals surface area contributed by atoms with Gasteiger partial charge in [-0.25, -0.2) is 8.78 Å². The molecule has 3 rings (SSSR count). The maximum atomic E-state index is 13.6. The Kier molecular flexibility index (Phi) is 4.79. The van der Waals surface area contributed by atoms with Crippen molar-refractivity contribution in [3.05, 3.63) is 65.2 Å². The summed E-state index contributed by atoms with van der Waals surface area (Å²) in [6.07, 6.45) is 0.320. The number of aryl methyl sites for hydroxylation is 1. The molecule has 4 nitrogen and oxygen atoms in total. The zero-order valence-electron chi connectivity index (χ0n) is 13.8. The maximum absolute atomic E-state index is 13.6. The molecule has 1 atom stereocenters. The summed E-state index contributed by atoms with van der Waals surface area (Å²) < 4.78 is 26.5. The van der Waals surface area contributed by atoms with Crippen molar-refractivity contribution in [1.29, 1.82) is 0 Å². The highest BCUT2D eigenvalue weighted by Crippen LogP contribution is 2.25. The van der Waals surface area contributed by atoms with Gasteiger partial charge in [-0.1, -0.05) is 17.7 Å². The third-order valence-corrected chi connectivity index (χ3v) is 4.28. The second-order valence-corrected chi connectivity index (χ2v) is 6.24. The number of carbonyl (C=O) groups is 2. The van der Waals surface area contributed by atoms with Crippen LogP contribution in [0.5, 0.6) is 0 Å². The molecule has 1 fully saturated rings. The Labute approximate surface area is 144 Å². The molecule has 0 aliphatic carbocycles. The highest BCUT2D eigenvalue weighted by atomic mass is 19.1. The van der Waals surface area contributed by atoms with Gasteiger partial charge in [0.05, 0.1) is 5.56 Å². The van der Waals surface area contributed by atoms with Gasteiger partial charge in [0.15, 0.2) is 0 Å². The van der Waals surface area contributed by atoms with E-state index in [-0.39, 0.29) is 23.9 Å². The summed E-state index contributed by atoms with van der Waals surface area (Å²) in [4.78, 5) is 25.9. The van der Waals surface area contributed by atoms with Gasteiger partial charge in [-0.15, -0.1) is 0 Å². The minimum absolute atomic E-state index is 0.00364. The van der Waals surface area contributed by atoms with Crippen LogP contribution in [0.1, 0.15) is 22.3 Å². The van der Waals surface area contributed by atoms with E-state index in [0.29, 0.717) is 19.0 Å². The molecule has 1 aliphatic heterocycles. The van der Waals surface area contributed by atoms with Crippen molar-refractivity contribution in [2.24, 2.45) is 5.92 Å². The van der Waals surface area contributed by atoms with Gasteiger partial charge in [0.1, 0.15) is 11.6 Å². The van der Waals surface area contributed by atoms with E-state index in [4.69, 9.17) is 0 Å². The summed E-state index contributed by atoms with van der Waals surface area (Å²) in [5, 5.41) is 2.62. The van der Waals surface area contributed by atoms with Gasteiger partial charge in [0.25, 0.3) is 5.91 Å². The zero-order valence-corrected chi connectivity index (χ0v) is 13.8. The lowest BCUT2D eigenvalue weighted by molar-refractivity contribution is -0.117. The van der Waals surface area contributed by atoms with Crippen LogP contribution < -0.4 is 10.2 Å². The van der Waals surface area contributed by atoms with Gasteiger partial charge in [-0.3, -0.25) is 9.59 Å². The summed E-state index contributed by atoms with van der Waals surface area (Å²) in [6, 6.07) is 10.5. The fraction of sp³-hybridized carbons (Fsp3) is 0.263. The van der Waals surface area contributed by atoms with Gasteiger partial charge >= 0.3 is 0 Å². The monoisotopic (exact) mass is 344 g/mol. The van der Waals surface area contributed by atoms with Gasteiger partial charge < -0.3 is 10.2 Å². The Bertz CT molecular complexity index is 806. The standard InChI is InChI=1S/C19H18F2N2O2/c1-12-2-5-15(6-3-12)23-11-13(8-18(23)24)10-22-19(25)16-7-4-14(20)9-17(16)21/h2-7,9,13H,8,10-11H2,1H3,(H,22,25). The summed E-state index contributed by atoms with van der Waals surface area (Å²) in [5.41, 5.74) is 1.73. The molecule has 0 spiro atoms. The number of carbonyl (C=O) groups excluding carboxylic acids is 2. The van der Waals surface area contributed by atoms with E-state index in [1.165, 1.54) is 0 Å². The Morgan fingerprint density at radius 1 is 1.20 bits per heavy atom. The first-order valence-electron chi connectivity index (χ1n) is 8.04. The molecule has 2 aromatic rings. The first kappa shape index (κ1) is 17.1. The fourth-order valence-corrected chi connectivity index (χ4v) is 2.90. The van der Waals surface area contributed by atoms with Crippen LogP contribution >= 0.6 is 0 Å². The number of hydrogen-bond donors (Lipinski definition) is 1. The van der Waals surface area contributed by atoms with Crippen molar-refractivity contribution < 1.29 is 18.4 Å². The third kappa shape index (κ3) is 3.84. The molecule has 1 aliphatic rings.